The number of halogens is 2. The van der Waals surface area contributed by atoms with E-state index in [4.69, 9.17) is 4.99 Å². The molecule has 1 aliphatic rings. The van der Waals surface area contributed by atoms with Gasteiger partial charge in [0.1, 0.15) is 11.6 Å². The summed E-state index contributed by atoms with van der Waals surface area (Å²) >= 11 is 0. The molecule has 0 spiro atoms. The lowest BCUT2D eigenvalue weighted by Gasteiger charge is -2.36. The number of nitrogens with zero attached hydrogens (tertiary/aromatic N) is 2. The minimum Gasteiger partial charge on any atom is -0.360 e. The molecule has 1 heterocycles. The van der Waals surface area contributed by atoms with Gasteiger partial charge in [0.25, 0.3) is 0 Å². The molecule has 0 saturated carbocycles. The van der Waals surface area contributed by atoms with E-state index in [2.05, 4.69) is 6.92 Å². The maximum atomic E-state index is 14.4. The van der Waals surface area contributed by atoms with Crippen molar-refractivity contribution in [1.29, 1.82) is 0 Å². The molecule has 2 aromatic carbocycles. The van der Waals surface area contributed by atoms with Crippen molar-refractivity contribution in [3.05, 3.63) is 59.7 Å². The summed E-state index contributed by atoms with van der Waals surface area (Å²) in [7, 11) is 1.95. The normalized spacial score (nSPS) is 16.8. The third-order valence-electron chi connectivity index (χ3n) is 4.52. The van der Waals surface area contributed by atoms with Crippen LogP contribution < -0.4 is 4.90 Å². The summed E-state index contributed by atoms with van der Waals surface area (Å²) in [4.78, 5) is 6.85. The van der Waals surface area contributed by atoms with Gasteiger partial charge in [-0.25, -0.2) is 8.78 Å². The van der Waals surface area contributed by atoms with Crippen molar-refractivity contribution < 1.29 is 8.78 Å². The van der Waals surface area contributed by atoms with E-state index in [0.717, 1.165) is 48.8 Å². The third kappa shape index (κ3) is 3.18. The number of aliphatic imine (C=N–C) groups is 1. The highest BCUT2D eigenvalue weighted by atomic mass is 19.1. The van der Waals surface area contributed by atoms with E-state index in [1.54, 1.807) is 0 Å². The average Bonchev–Trinajstić information content (AvgIpc) is 2.57. The Morgan fingerprint density at radius 2 is 1.88 bits per heavy atom. The average molecular weight is 328 g/mol. The van der Waals surface area contributed by atoms with E-state index in [1.807, 2.05) is 36.2 Å². The molecule has 1 atom stereocenters. The van der Waals surface area contributed by atoms with Crippen molar-refractivity contribution in [2.75, 3.05) is 11.9 Å². The zero-order valence-electron chi connectivity index (χ0n) is 14.1. The van der Waals surface area contributed by atoms with Gasteiger partial charge in [-0.3, -0.25) is 4.99 Å². The van der Waals surface area contributed by atoms with Gasteiger partial charge in [-0.1, -0.05) is 38.0 Å². The number of anilines is 1. The van der Waals surface area contributed by atoms with E-state index in [0.29, 0.717) is 5.56 Å². The molecule has 0 radical (unpaired) electrons. The molecule has 1 unspecified atom stereocenters. The first-order chi connectivity index (χ1) is 11.6. The minimum absolute atomic E-state index is 0.294. The van der Waals surface area contributed by atoms with Crippen molar-refractivity contribution in [3.63, 3.8) is 0 Å². The zero-order chi connectivity index (χ0) is 17.1. The summed E-state index contributed by atoms with van der Waals surface area (Å²) in [5, 5.41) is 0. The molecule has 24 heavy (non-hydrogen) atoms. The first-order valence-corrected chi connectivity index (χ1v) is 8.46. The van der Waals surface area contributed by atoms with Crippen LogP contribution in [0.15, 0.2) is 47.5 Å². The molecule has 0 aromatic heterocycles. The highest BCUT2D eigenvalue weighted by molar-refractivity contribution is 5.99. The lowest BCUT2D eigenvalue weighted by molar-refractivity contribution is 0.565. The lowest BCUT2D eigenvalue weighted by atomic mass is 9.93. The molecule has 0 aliphatic carbocycles. The molecule has 0 fully saturated rings. The highest BCUT2D eigenvalue weighted by Crippen LogP contribution is 2.40. The summed E-state index contributed by atoms with van der Waals surface area (Å²) in [5.41, 5.74) is 3.29. The first kappa shape index (κ1) is 16.6. The van der Waals surface area contributed by atoms with Crippen molar-refractivity contribution >= 4 is 17.1 Å². The second-order valence-electron chi connectivity index (χ2n) is 6.23. The van der Waals surface area contributed by atoms with Gasteiger partial charge in [-0.2, -0.15) is 0 Å². The van der Waals surface area contributed by atoms with Crippen LogP contribution in [0.3, 0.4) is 0 Å². The molecule has 0 N–H and O–H groups in total. The van der Waals surface area contributed by atoms with E-state index in [9.17, 15) is 8.78 Å². The fourth-order valence-corrected chi connectivity index (χ4v) is 3.30. The van der Waals surface area contributed by atoms with Crippen molar-refractivity contribution in [2.45, 2.75) is 38.6 Å². The van der Waals surface area contributed by atoms with Crippen LogP contribution in [0.2, 0.25) is 0 Å². The van der Waals surface area contributed by atoms with Gasteiger partial charge in [0.15, 0.2) is 0 Å². The van der Waals surface area contributed by atoms with E-state index in [-0.39, 0.29) is 6.04 Å². The van der Waals surface area contributed by atoms with E-state index >= 15 is 0 Å². The molecular weight excluding hydrogens is 306 g/mol. The largest absolute Gasteiger partial charge is 0.360 e. The maximum absolute atomic E-state index is 14.4. The SMILES string of the molecule is CCCCCC1=Nc2ccccc2N(C)C1c1ccc(F)cc1F. The Morgan fingerprint density at radius 3 is 2.62 bits per heavy atom. The molecule has 4 heteroatoms. The number of hydrogen-bond acceptors (Lipinski definition) is 2. The first-order valence-electron chi connectivity index (χ1n) is 8.46. The van der Waals surface area contributed by atoms with Crippen LogP contribution in [0.25, 0.3) is 0 Å². The topological polar surface area (TPSA) is 15.6 Å². The summed E-state index contributed by atoms with van der Waals surface area (Å²) < 4.78 is 27.7. The number of para-hydroxylation sites is 2. The molecule has 0 bridgehead atoms. The third-order valence-corrected chi connectivity index (χ3v) is 4.52. The molecule has 3 rings (SSSR count). The van der Waals surface area contributed by atoms with Gasteiger partial charge in [-0.05, 0) is 31.0 Å². The smallest absolute Gasteiger partial charge is 0.131 e. The summed E-state index contributed by atoms with van der Waals surface area (Å²) in [5.74, 6) is -1.07. The van der Waals surface area contributed by atoms with Crippen LogP contribution >= 0.6 is 0 Å². The molecule has 2 nitrogen and oxygen atoms in total. The predicted octanol–water partition coefficient (Wildman–Crippen LogP) is 5.81. The number of unbranched alkanes of at least 4 members (excludes halogenated alkanes) is 2. The Bertz CT molecular complexity index is 755. The standard InChI is InChI=1S/C20H22F2N2/c1-3-4-5-9-18-20(15-12-11-14(21)13-16(15)22)24(2)19-10-7-6-8-17(19)23-18/h6-8,10-13,20H,3-5,9H2,1-2H3. The van der Waals surface area contributed by atoms with Crippen LogP contribution in [0, 0.1) is 11.6 Å². The molecule has 1 aliphatic heterocycles. The minimum atomic E-state index is -0.556. The van der Waals surface area contributed by atoms with E-state index in [1.165, 1.54) is 12.1 Å². The molecular formula is C20H22F2N2. The molecule has 126 valence electrons. The Morgan fingerprint density at radius 1 is 1.08 bits per heavy atom. The van der Waals surface area contributed by atoms with Crippen LogP contribution in [-0.2, 0) is 0 Å². The quantitative estimate of drug-likeness (QED) is 0.633. The Labute approximate surface area is 141 Å². The number of benzene rings is 2. The van der Waals surface area contributed by atoms with Crippen molar-refractivity contribution in [3.8, 4) is 0 Å². The van der Waals surface area contributed by atoms with E-state index < -0.39 is 11.6 Å². The monoisotopic (exact) mass is 328 g/mol. The maximum Gasteiger partial charge on any atom is 0.131 e. The molecule has 2 aromatic rings. The second-order valence-corrected chi connectivity index (χ2v) is 6.23. The molecule has 0 amide bonds. The van der Waals surface area contributed by atoms with Gasteiger partial charge >= 0.3 is 0 Å². The highest BCUT2D eigenvalue weighted by Gasteiger charge is 2.30. The number of hydrogen-bond donors (Lipinski definition) is 0. The van der Waals surface area contributed by atoms with Crippen LogP contribution in [0.4, 0.5) is 20.2 Å². The molecule has 0 saturated heterocycles. The Balaban J connectivity index is 2.04. The number of rotatable bonds is 5. The summed E-state index contributed by atoms with van der Waals surface area (Å²) in [6, 6.07) is 11.4. The Hall–Kier alpha value is -2.23. The second kappa shape index (κ2) is 7.12. The fraction of sp³-hybridized carbons (Fsp3) is 0.350. The lowest BCUT2D eigenvalue weighted by Crippen LogP contribution is -2.34. The van der Waals surface area contributed by atoms with Crippen LogP contribution in [-0.4, -0.2) is 12.8 Å². The van der Waals surface area contributed by atoms with Gasteiger partial charge < -0.3 is 4.90 Å². The Kier molecular flexibility index (Phi) is 4.93. The number of fused-ring (bicyclic) bond motifs is 1. The summed E-state index contributed by atoms with van der Waals surface area (Å²) in [6.07, 6.45) is 4.07. The van der Waals surface area contributed by atoms with Crippen LogP contribution in [0.1, 0.15) is 44.2 Å². The van der Waals surface area contributed by atoms with Crippen molar-refractivity contribution in [1.82, 2.24) is 0 Å². The zero-order valence-corrected chi connectivity index (χ0v) is 14.1. The van der Waals surface area contributed by atoms with Crippen LogP contribution in [0.5, 0.6) is 0 Å². The van der Waals surface area contributed by atoms with Crippen molar-refractivity contribution in [2.24, 2.45) is 4.99 Å². The van der Waals surface area contributed by atoms with Gasteiger partial charge in [0.2, 0.25) is 0 Å². The predicted molar refractivity (Wildman–Crippen MR) is 95.2 cm³/mol. The fourth-order valence-electron chi connectivity index (χ4n) is 3.30. The summed E-state index contributed by atoms with van der Waals surface area (Å²) in [6.45, 7) is 2.15. The van der Waals surface area contributed by atoms with Gasteiger partial charge in [-0.15, -0.1) is 0 Å². The van der Waals surface area contributed by atoms with Gasteiger partial charge in [0, 0.05) is 24.4 Å². The van der Waals surface area contributed by atoms with Gasteiger partial charge in [0.05, 0.1) is 17.4 Å².